The number of halogens is 1. The van der Waals surface area contributed by atoms with Gasteiger partial charge in [0.25, 0.3) is 5.91 Å². The first-order chi connectivity index (χ1) is 20.5. The monoisotopic (exact) mass is 581 g/mol. The molecule has 0 spiro atoms. The summed E-state index contributed by atoms with van der Waals surface area (Å²) in [4.78, 5) is 28.9. The number of benzene rings is 3. The van der Waals surface area contributed by atoms with Gasteiger partial charge in [-0.15, -0.1) is 0 Å². The SMILES string of the molecule is CCc1cccc2c(C(=O)NCc3ccccc3)cn(CCCN3[C@@H]4CC[C@H]3C[C@H](CC(=O)c3ccc(Cl)cc3)C4)c12. The van der Waals surface area contributed by atoms with Crippen LogP contribution in [0.15, 0.2) is 79.0 Å². The molecule has 3 atom stereocenters. The fourth-order valence-corrected chi connectivity index (χ4v) is 7.44. The normalized spacial score (nSPS) is 20.2. The molecular weight excluding hydrogens is 542 g/mol. The third-order valence-electron chi connectivity index (χ3n) is 9.34. The first kappa shape index (κ1) is 28.7. The number of carbonyl (C=O) groups is 2. The van der Waals surface area contributed by atoms with Crippen LogP contribution in [0.3, 0.4) is 0 Å². The molecule has 6 heteroatoms. The van der Waals surface area contributed by atoms with Crippen molar-refractivity contribution in [3.05, 3.63) is 106 Å². The van der Waals surface area contributed by atoms with Gasteiger partial charge in [0, 0.05) is 60.3 Å². The van der Waals surface area contributed by atoms with Gasteiger partial charge in [-0.25, -0.2) is 0 Å². The highest BCUT2D eigenvalue weighted by molar-refractivity contribution is 6.30. The number of hydrogen-bond donors (Lipinski definition) is 1. The Kier molecular flexibility index (Phi) is 8.78. The summed E-state index contributed by atoms with van der Waals surface area (Å²) >= 11 is 6.01. The second-order valence-corrected chi connectivity index (χ2v) is 12.5. The molecule has 1 aromatic heterocycles. The van der Waals surface area contributed by atoms with Crippen LogP contribution in [0.25, 0.3) is 10.9 Å². The van der Waals surface area contributed by atoms with Gasteiger partial charge in [-0.2, -0.15) is 0 Å². The van der Waals surface area contributed by atoms with E-state index in [4.69, 9.17) is 11.6 Å². The number of carbonyl (C=O) groups excluding carboxylic acids is 2. The third kappa shape index (κ3) is 6.18. The third-order valence-corrected chi connectivity index (χ3v) is 9.59. The van der Waals surface area contributed by atoms with E-state index in [-0.39, 0.29) is 11.7 Å². The van der Waals surface area contributed by atoms with Crippen LogP contribution in [-0.4, -0.2) is 39.8 Å². The van der Waals surface area contributed by atoms with Gasteiger partial charge in [-0.05, 0) is 79.8 Å². The van der Waals surface area contributed by atoms with Gasteiger partial charge in [-0.3, -0.25) is 14.5 Å². The molecule has 3 heterocycles. The molecule has 0 saturated carbocycles. The summed E-state index contributed by atoms with van der Waals surface area (Å²) < 4.78 is 2.31. The van der Waals surface area contributed by atoms with Crippen LogP contribution in [0.4, 0.5) is 0 Å². The highest BCUT2D eigenvalue weighted by atomic mass is 35.5. The van der Waals surface area contributed by atoms with Crippen LogP contribution in [-0.2, 0) is 19.5 Å². The Morgan fingerprint density at radius 1 is 0.905 bits per heavy atom. The average Bonchev–Trinajstić information content (AvgIpc) is 3.50. The molecule has 2 fully saturated rings. The molecule has 2 aliphatic heterocycles. The number of hydrogen-bond acceptors (Lipinski definition) is 3. The van der Waals surface area contributed by atoms with Gasteiger partial charge in [0.15, 0.2) is 5.78 Å². The highest BCUT2D eigenvalue weighted by Gasteiger charge is 2.40. The number of nitrogens with one attached hydrogen (secondary N) is 1. The standard InChI is InChI=1S/C36H40ClN3O2/c1-2-27-10-6-11-32-33(36(42)38-23-25-8-4-3-5-9-25)24-39(35(27)32)18-7-19-40-30-16-17-31(40)21-26(20-30)22-34(41)28-12-14-29(37)15-13-28/h3-6,8-15,24,26,30-31H,2,7,16-23H2,1H3,(H,38,42)/t26-,30-,31+. The maximum atomic E-state index is 13.3. The second-order valence-electron chi connectivity index (χ2n) is 12.0. The predicted molar refractivity (Wildman–Crippen MR) is 170 cm³/mol. The Labute approximate surface area is 253 Å². The van der Waals surface area contributed by atoms with Gasteiger partial charge in [0.05, 0.1) is 11.1 Å². The van der Waals surface area contributed by atoms with Crippen LogP contribution in [0.2, 0.25) is 5.02 Å². The molecule has 42 heavy (non-hydrogen) atoms. The van der Waals surface area contributed by atoms with Crippen LogP contribution in [0.5, 0.6) is 0 Å². The van der Waals surface area contributed by atoms with Gasteiger partial charge >= 0.3 is 0 Å². The summed E-state index contributed by atoms with van der Waals surface area (Å²) in [5, 5.41) is 4.83. The Morgan fingerprint density at radius 2 is 1.64 bits per heavy atom. The number of aryl methyl sites for hydroxylation is 2. The van der Waals surface area contributed by atoms with E-state index in [1.165, 1.54) is 23.9 Å². The fraction of sp³-hybridized carbons (Fsp3) is 0.389. The molecule has 1 amide bonds. The Bertz CT molecular complexity index is 1530. The minimum atomic E-state index is -0.0240. The zero-order chi connectivity index (χ0) is 29.1. The largest absolute Gasteiger partial charge is 0.348 e. The molecule has 0 radical (unpaired) electrons. The van der Waals surface area contributed by atoms with Gasteiger partial charge in [0.2, 0.25) is 0 Å². The highest BCUT2D eigenvalue weighted by Crippen LogP contribution is 2.40. The maximum Gasteiger partial charge on any atom is 0.253 e. The van der Waals surface area contributed by atoms with Crippen molar-refractivity contribution in [2.45, 2.75) is 77.0 Å². The van der Waals surface area contributed by atoms with Crippen LogP contribution < -0.4 is 5.32 Å². The first-order valence-electron chi connectivity index (χ1n) is 15.5. The average molecular weight is 582 g/mol. The van der Waals surface area contributed by atoms with E-state index in [1.54, 1.807) is 12.1 Å². The van der Waals surface area contributed by atoms with Crippen molar-refractivity contribution in [2.75, 3.05) is 6.54 Å². The Hall–Kier alpha value is -3.41. The van der Waals surface area contributed by atoms with Crippen molar-refractivity contribution >= 4 is 34.2 Å². The van der Waals surface area contributed by atoms with Crippen molar-refractivity contribution in [2.24, 2.45) is 5.92 Å². The zero-order valence-corrected chi connectivity index (χ0v) is 25.2. The molecule has 1 N–H and O–H groups in total. The molecule has 0 aliphatic carbocycles. The van der Waals surface area contributed by atoms with E-state index in [0.29, 0.717) is 36.0 Å². The molecule has 4 aromatic rings. The number of Topliss-reactive ketones (excluding diaryl/α,β-unsaturated/α-hetero) is 1. The molecule has 2 aliphatic rings. The van der Waals surface area contributed by atoms with Crippen molar-refractivity contribution < 1.29 is 9.59 Å². The van der Waals surface area contributed by atoms with Crippen molar-refractivity contribution in [1.82, 2.24) is 14.8 Å². The lowest BCUT2D eigenvalue weighted by Crippen LogP contribution is -2.43. The van der Waals surface area contributed by atoms with Crippen molar-refractivity contribution in [3.63, 3.8) is 0 Å². The summed E-state index contributed by atoms with van der Waals surface area (Å²) in [6.07, 6.45) is 9.33. The lowest BCUT2D eigenvalue weighted by Gasteiger charge is -2.39. The summed E-state index contributed by atoms with van der Waals surface area (Å²) in [6, 6.07) is 24.8. The Balaban J connectivity index is 1.09. The molecule has 2 bridgehead atoms. The molecule has 2 saturated heterocycles. The Morgan fingerprint density at radius 3 is 2.36 bits per heavy atom. The molecular formula is C36H40ClN3O2. The van der Waals surface area contributed by atoms with Gasteiger partial charge in [0.1, 0.15) is 0 Å². The topological polar surface area (TPSA) is 54.3 Å². The van der Waals surface area contributed by atoms with E-state index in [2.05, 4.69) is 46.1 Å². The minimum Gasteiger partial charge on any atom is -0.348 e. The predicted octanol–water partition coefficient (Wildman–Crippen LogP) is 7.69. The maximum absolute atomic E-state index is 13.3. The molecule has 218 valence electrons. The molecule has 5 nitrogen and oxygen atoms in total. The molecule has 3 aromatic carbocycles. The summed E-state index contributed by atoms with van der Waals surface area (Å²) in [5.74, 6) is 0.669. The van der Waals surface area contributed by atoms with E-state index in [9.17, 15) is 9.59 Å². The molecule has 0 unspecified atom stereocenters. The number of piperidine rings is 1. The molecule has 6 rings (SSSR count). The number of para-hydroxylation sites is 1. The van der Waals surface area contributed by atoms with Crippen molar-refractivity contribution in [1.29, 1.82) is 0 Å². The second kappa shape index (κ2) is 12.8. The van der Waals surface area contributed by atoms with E-state index in [0.717, 1.165) is 60.8 Å². The van der Waals surface area contributed by atoms with E-state index in [1.807, 2.05) is 42.5 Å². The zero-order valence-electron chi connectivity index (χ0n) is 24.4. The first-order valence-corrected chi connectivity index (χ1v) is 15.8. The number of amides is 1. The lowest BCUT2D eigenvalue weighted by atomic mass is 9.85. The number of aromatic nitrogens is 1. The smallest absolute Gasteiger partial charge is 0.253 e. The fourth-order valence-electron chi connectivity index (χ4n) is 7.31. The lowest BCUT2D eigenvalue weighted by molar-refractivity contribution is 0.0807. The van der Waals surface area contributed by atoms with Crippen molar-refractivity contribution in [3.8, 4) is 0 Å². The summed E-state index contributed by atoms with van der Waals surface area (Å²) in [6.45, 7) is 4.63. The van der Waals surface area contributed by atoms with Crippen LogP contribution in [0.1, 0.15) is 77.3 Å². The number of fused-ring (bicyclic) bond motifs is 3. The van der Waals surface area contributed by atoms with Crippen LogP contribution >= 0.6 is 11.6 Å². The van der Waals surface area contributed by atoms with Gasteiger partial charge < -0.3 is 9.88 Å². The minimum absolute atomic E-state index is 0.0240. The van der Waals surface area contributed by atoms with Crippen LogP contribution in [0, 0.1) is 5.92 Å². The van der Waals surface area contributed by atoms with Gasteiger partial charge in [-0.1, -0.05) is 67.1 Å². The van der Waals surface area contributed by atoms with E-state index >= 15 is 0 Å². The quantitative estimate of drug-likeness (QED) is 0.185. The summed E-state index contributed by atoms with van der Waals surface area (Å²) in [7, 11) is 0. The summed E-state index contributed by atoms with van der Waals surface area (Å²) in [5.41, 5.74) is 5.08. The number of ketones is 1. The number of nitrogens with zero attached hydrogens (tertiary/aromatic N) is 2. The number of rotatable bonds is 11. The van der Waals surface area contributed by atoms with E-state index < -0.39 is 0 Å².